The molecule has 1 aromatic heterocycles. The van der Waals surface area contributed by atoms with Gasteiger partial charge < -0.3 is 5.32 Å². The molecule has 2 aromatic carbocycles. The number of thioether (sulfide) groups is 1. The van der Waals surface area contributed by atoms with Crippen LogP contribution in [0.3, 0.4) is 0 Å². The molecule has 0 saturated heterocycles. The minimum atomic E-state index is -0.245. The molecular formula is C18H19FN4S. The first-order valence-corrected chi connectivity index (χ1v) is 8.79. The van der Waals surface area contributed by atoms with Crippen LogP contribution in [0.5, 0.6) is 0 Å². The van der Waals surface area contributed by atoms with E-state index in [-0.39, 0.29) is 5.82 Å². The molecular weight excluding hydrogens is 323 g/mol. The predicted octanol–water partition coefficient (Wildman–Crippen LogP) is 4.44. The fourth-order valence-corrected chi connectivity index (χ4v) is 3.04. The molecule has 1 heterocycles. The number of hydrogen-bond donors (Lipinski definition) is 1. The molecule has 0 unspecified atom stereocenters. The van der Waals surface area contributed by atoms with Crippen molar-refractivity contribution in [2.24, 2.45) is 0 Å². The van der Waals surface area contributed by atoms with Crippen molar-refractivity contribution in [3.63, 3.8) is 0 Å². The lowest BCUT2D eigenvalue weighted by Gasteiger charge is -2.11. The van der Waals surface area contributed by atoms with E-state index < -0.39 is 0 Å². The molecule has 4 nitrogen and oxygen atoms in total. The number of benzene rings is 2. The van der Waals surface area contributed by atoms with Crippen molar-refractivity contribution in [1.29, 1.82) is 0 Å². The highest BCUT2D eigenvalue weighted by atomic mass is 32.2. The van der Waals surface area contributed by atoms with Gasteiger partial charge in [-0.3, -0.25) is 4.57 Å². The molecule has 0 amide bonds. The number of aryl methyl sites for hydroxylation is 1. The standard InChI is InChI=1S/C18H19FN4S/c1-3-24-18-22-21-17(12-20-15-8-6-14(19)7-9-15)23(18)16-10-4-13(2)5-11-16/h4-11,20H,3,12H2,1-2H3. The van der Waals surface area contributed by atoms with Crippen LogP contribution in [-0.4, -0.2) is 20.5 Å². The summed E-state index contributed by atoms with van der Waals surface area (Å²) in [6, 6.07) is 14.6. The van der Waals surface area contributed by atoms with Crippen molar-refractivity contribution in [3.8, 4) is 5.69 Å². The highest BCUT2D eigenvalue weighted by Crippen LogP contribution is 2.22. The summed E-state index contributed by atoms with van der Waals surface area (Å²) in [5, 5.41) is 12.8. The zero-order valence-corrected chi connectivity index (χ0v) is 14.5. The maximum atomic E-state index is 13.0. The maximum Gasteiger partial charge on any atom is 0.195 e. The fourth-order valence-electron chi connectivity index (χ4n) is 2.34. The van der Waals surface area contributed by atoms with Gasteiger partial charge in [0, 0.05) is 11.4 Å². The van der Waals surface area contributed by atoms with Crippen LogP contribution in [0.25, 0.3) is 5.69 Å². The molecule has 0 saturated carbocycles. The van der Waals surface area contributed by atoms with Crippen molar-refractivity contribution < 1.29 is 4.39 Å². The Morgan fingerprint density at radius 2 is 1.75 bits per heavy atom. The Kier molecular flexibility index (Phi) is 5.15. The van der Waals surface area contributed by atoms with E-state index in [2.05, 4.69) is 58.2 Å². The van der Waals surface area contributed by atoms with E-state index in [1.54, 1.807) is 23.9 Å². The molecule has 3 aromatic rings. The van der Waals surface area contributed by atoms with Gasteiger partial charge in [-0.1, -0.05) is 36.4 Å². The summed E-state index contributed by atoms with van der Waals surface area (Å²) in [6.45, 7) is 4.67. The Morgan fingerprint density at radius 3 is 2.42 bits per heavy atom. The lowest BCUT2D eigenvalue weighted by atomic mass is 10.2. The van der Waals surface area contributed by atoms with Crippen LogP contribution < -0.4 is 5.32 Å². The van der Waals surface area contributed by atoms with E-state index in [1.807, 2.05) is 0 Å². The predicted molar refractivity (Wildman–Crippen MR) is 96.2 cm³/mol. The summed E-state index contributed by atoms with van der Waals surface area (Å²) in [5.41, 5.74) is 3.10. The van der Waals surface area contributed by atoms with Crippen molar-refractivity contribution in [1.82, 2.24) is 14.8 Å². The van der Waals surface area contributed by atoms with Crippen LogP contribution in [-0.2, 0) is 6.54 Å². The quantitative estimate of drug-likeness (QED) is 0.673. The number of anilines is 1. The number of hydrogen-bond acceptors (Lipinski definition) is 4. The lowest BCUT2D eigenvalue weighted by Crippen LogP contribution is -2.08. The Balaban J connectivity index is 1.87. The molecule has 0 aliphatic carbocycles. The van der Waals surface area contributed by atoms with E-state index in [0.717, 1.165) is 28.1 Å². The van der Waals surface area contributed by atoms with Crippen molar-refractivity contribution >= 4 is 17.4 Å². The first-order valence-electron chi connectivity index (χ1n) is 7.81. The number of rotatable bonds is 6. The molecule has 0 fully saturated rings. The van der Waals surface area contributed by atoms with Gasteiger partial charge in [0.2, 0.25) is 0 Å². The lowest BCUT2D eigenvalue weighted by molar-refractivity contribution is 0.628. The summed E-state index contributed by atoms with van der Waals surface area (Å²) in [7, 11) is 0. The Bertz CT molecular complexity index is 797. The Hall–Kier alpha value is -2.34. The SMILES string of the molecule is CCSc1nnc(CNc2ccc(F)cc2)n1-c1ccc(C)cc1. The van der Waals surface area contributed by atoms with Crippen molar-refractivity contribution in [2.75, 3.05) is 11.1 Å². The zero-order chi connectivity index (χ0) is 16.9. The molecule has 3 rings (SSSR count). The van der Waals surface area contributed by atoms with Crippen LogP contribution >= 0.6 is 11.8 Å². The molecule has 0 bridgehead atoms. The minimum Gasteiger partial charge on any atom is -0.378 e. The molecule has 0 spiro atoms. The van der Waals surface area contributed by atoms with Crippen LogP contribution in [0.2, 0.25) is 0 Å². The van der Waals surface area contributed by atoms with E-state index in [0.29, 0.717) is 6.54 Å². The third-order valence-electron chi connectivity index (χ3n) is 3.56. The highest BCUT2D eigenvalue weighted by Gasteiger charge is 2.13. The number of aromatic nitrogens is 3. The summed E-state index contributed by atoms with van der Waals surface area (Å²) in [6.07, 6.45) is 0. The minimum absolute atomic E-state index is 0.245. The van der Waals surface area contributed by atoms with E-state index in [4.69, 9.17) is 0 Å². The van der Waals surface area contributed by atoms with E-state index in [9.17, 15) is 4.39 Å². The van der Waals surface area contributed by atoms with Gasteiger partial charge in [-0.15, -0.1) is 10.2 Å². The second-order valence-corrected chi connectivity index (χ2v) is 6.59. The Labute approximate surface area is 145 Å². The van der Waals surface area contributed by atoms with E-state index in [1.165, 1.54) is 17.7 Å². The highest BCUT2D eigenvalue weighted by molar-refractivity contribution is 7.99. The molecule has 124 valence electrons. The summed E-state index contributed by atoms with van der Waals surface area (Å²) < 4.78 is 15.1. The Morgan fingerprint density at radius 1 is 1.04 bits per heavy atom. The first kappa shape index (κ1) is 16.5. The molecule has 24 heavy (non-hydrogen) atoms. The third-order valence-corrected chi connectivity index (χ3v) is 4.37. The average molecular weight is 342 g/mol. The van der Waals surface area contributed by atoms with Gasteiger partial charge in [-0.2, -0.15) is 0 Å². The molecule has 6 heteroatoms. The maximum absolute atomic E-state index is 13.0. The summed E-state index contributed by atoms with van der Waals surface area (Å²) >= 11 is 1.66. The number of halogens is 1. The normalized spacial score (nSPS) is 10.8. The van der Waals surface area contributed by atoms with E-state index >= 15 is 0 Å². The van der Waals surface area contributed by atoms with Gasteiger partial charge in [-0.25, -0.2) is 4.39 Å². The monoisotopic (exact) mass is 342 g/mol. The molecule has 0 radical (unpaired) electrons. The van der Waals surface area contributed by atoms with Gasteiger partial charge in [0.25, 0.3) is 0 Å². The fraction of sp³-hybridized carbons (Fsp3) is 0.222. The van der Waals surface area contributed by atoms with Gasteiger partial charge >= 0.3 is 0 Å². The topological polar surface area (TPSA) is 42.7 Å². The number of nitrogens with zero attached hydrogens (tertiary/aromatic N) is 3. The zero-order valence-electron chi connectivity index (χ0n) is 13.7. The van der Waals surface area contributed by atoms with Crippen LogP contribution in [0.1, 0.15) is 18.3 Å². The second kappa shape index (κ2) is 7.49. The van der Waals surface area contributed by atoms with Gasteiger partial charge in [0.1, 0.15) is 5.82 Å². The van der Waals surface area contributed by atoms with Gasteiger partial charge in [0.05, 0.1) is 6.54 Å². The second-order valence-electron chi connectivity index (χ2n) is 5.36. The van der Waals surface area contributed by atoms with Crippen molar-refractivity contribution in [2.45, 2.75) is 25.5 Å². The van der Waals surface area contributed by atoms with Gasteiger partial charge in [0.15, 0.2) is 11.0 Å². The third kappa shape index (κ3) is 3.76. The average Bonchev–Trinajstić information content (AvgIpc) is 2.98. The van der Waals surface area contributed by atoms with Crippen LogP contribution in [0.4, 0.5) is 10.1 Å². The molecule has 0 aliphatic rings. The smallest absolute Gasteiger partial charge is 0.195 e. The number of nitrogens with one attached hydrogen (secondary N) is 1. The van der Waals surface area contributed by atoms with Crippen LogP contribution in [0.15, 0.2) is 53.7 Å². The summed E-state index contributed by atoms with van der Waals surface area (Å²) in [4.78, 5) is 0. The molecule has 0 atom stereocenters. The molecule has 0 aliphatic heterocycles. The van der Waals surface area contributed by atoms with Crippen LogP contribution in [0, 0.1) is 12.7 Å². The summed E-state index contributed by atoms with van der Waals surface area (Å²) in [5.74, 6) is 1.50. The largest absolute Gasteiger partial charge is 0.378 e. The van der Waals surface area contributed by atoms with Gasteiger partial charge in [-0.05, 0) is 49.1 Å². The van der Waals surface area contributed by atoms with Crippen molar-refractivity contribution in [3.05, 3.63) is 65.7 Å². The molecule has 1 N–H and O–H groups in total. The first-order chi connectivity index (χ1) is 11.7.